The maximum atomic E-state index is 5.76. The van der Waals surface area contributed by atoms with Crippen molar-refractivity contribution in [3.05, 3.63) is 53.6 Å². The van der Waals surface area contributed by atoms with Crippen molar-refractivity contribution in [2.24, 2.45) is 5.92 Å². The summed E-state index contributed by atoms with van der Waals surface area (Å²) in [5.74, 6) is 3.84. The van der Waals surface area contributed by atoms with Gasteiger partial charge in [-0.25, -0.2) is 0 Å². The Hall–Kier alpha value is -2.20. The van der Waals surface area contributed by atoms with E-state index in [1.165, 1.54) is 11.1 Å². The highest BCUT2D eigenvalue weighted by Gasteiger charge is 2.17. The van der Waals surface area contributed by atoms with Gasteiger partial charge in [-0.15, -0.1) is 0 Å². The molecule has 4 nitrogen and oxygen atoms in total. The molecule has 0 amide bonds. The van der Waals surface area contributed by atoms with Crippen molar-refractivity contribution in [3.8, 4) is 17.2 Å². The van der Waals surface area contributed by atoms with Gasteiger partial charge in [0.25, 0.3) is 0 Å². The molecule has 1 atom stereocenters. The number of benzene rings is 2. The molecular formula is C23H32NO3+. The fourth-order valence-electron chi connectivity index (χ4n) is 3.58. The van der Waals surface area contributed by atoms with Crippen molar-refractivity contribution in [2.75, 3.05) is 13.3 Å². The SMILES string of the molecule is CC(C)Oc1ccc([C@H](CC[NH2+]Cc2ccc3c(c2)OCO3)C(C)C)cc1. The number of rotatable bonds is 9. The molecule has 0 radical (unpaired) electrons. The summed E-state index contributed by atoms with van der Waals surface area (Å²) in [6.45, 7) is 11.1. The van der Waals surface area contributed by atoms with E-state index in [-0.39, 0.29) is 6.10 Å². The lowest BCUT2D eigenvalue weighted by molar-refractivity contribution is -0.671. The minimum Gasteiger partial charge on any atom is -0.491 e. The average molecular weight is 371 g/mol. The molecule has 2 N–H and O–H groups in total. The molecule has 0 fully saturated rings. The standard InChI is InChI=1S/C23H31NO3/c1-16(2)21(19-6-8-20(9-7-19)27-17(3)4)11-12-24-14-18-5-10-22-23(13-18)26-15-25-22/h5-10,13,16-17,21,24H,11-12,14-15H2,1-4H3/p+1/t21-/m1/s1. The Morgan fingerprint density at radius 3 is 2.41 bits per heavy atom. The summed E-state index contributed by atoms with van der Waals surface area (Å²) < 4.78 is 16.6. The van der Waals surface area contributed by atoms with Crippen LogP contribution in [-0.2, 0) is 6.54 Å². The lowest BCUT2D eigenvalue weighted by Crippen LogP contribution is -2.82. The first-order chi connectivity index (χ1) is 13.0. The second kappa shape index (κ2) is 9.14. The van der Waals surface area contributed by atoms with E-state index in [4.69, 9.17) is 14.2 Å². The monoisotopic (exact) mass is 370 g/mol. The van der Waals surface area contributed by atoms with E-state index >= 15 is 0 Å². The Morgan fingerprint density at radius 2 is 1.70 bits per heavy atom. The van der Waals surface area contributed by atoms with E-state index in [9.17, 15) is 0 Å². The molecule has 1 aliphatic heterocycles. The summed E-state index contributed by atoms with van der Waals surface area (Å²) in [5.41, 5.74) is 2.67. The van der Waals surface area contributed by atoms with Crippen LogP contribution in [0, 0.1) is 5.92 Å². The van der Waals surface area contributed by atoms with Crippen LogP contribution < -0.4 is 19.5 Å². The van der Waals surface area contributed by atoms with Gasteiger partial charge in [-0.1, -0.05) is 26.0 Å². The summed E-state index contributed by atoms with van der Waals surface area (Å²) in [6.07, 6.45) is 1.37. The largest absolute Gasteiger partial charge is 0.491 e. The Bertz CT molecular complexity index is 725. The molecule has 0 saturated heterocycles. The average Bonchev–Trinajstić information content (AvgIpc) is 3.09. The highest BCUT2D eigenvalue weighted by molar-refractivity contribution is 5.44. The van der Waals surface area contributed by atoms with Crippen molar-refractivity contribution < 1.29 is 19.5 Å². The number of hydrogen-bond donors (Lipinski definition) is 1. The minimum atomic E-state index is 0.211. The maximum Gasteiger partial charge on any atom is 0.231 e. The lowest BCUT2D eigenvalue weighted by atomic mass is 9.86. The van der Waals surface area contributed by atoms with Gasteiger partial charge >= 0.3 is 0 Å². The van der Waals surface area contributed by atoms with Crippen LogP contribution in [-0.4, -0.2) is 19.4 Å². The van der Waals surface area contributed by atoms with E-state index in [1.54, 1.807) is 0 Å². The quantitative estimate of drug-likeness (QED) is 0.676. The highest BCUT2D eigenvalue weighted by Crippen LogP contribution is 2.32. The van der Waals surface area contributed by atoms with Gasteiger partial charge in [0.15, 0.2) is 11.5 Å². The van der Waals surface area contributed by atoms with E-state index in [0.717, 1.165) is 36.8 Å². The molecule has 0 aromatic heterocycles. The van der Waals surface area contributed by atoms with Crippen molar-refractivity contribution in [3.63, 3.8) is 0 Å². The first kappa shape index (κ1) is 19.6. The molecule has 1 aliphatic rings. The van der Waals surface area contributed by atoms with Gasteiger partial charge in [0.2, 0.25) is 6.79 Å². The molecule has 0 spiro atoms. The minimum absolute atomic E-state index is 0.211. The third-order valence-corrected chi connectivity index (χ3v) is 4.98. The second-order valence-corrected chi connectivity index (χ2v) is 7.84. The number of hydrogen-bond acceptors (Lipinski definition) is 3. The van der Waals surface area contributed by atoms with Crippen LogP contribution in [0.15, 0.2) is 42.5 Å². The zero-order valence-electron chi connectivity index (χ0n) is 16.9. The molecule has 0 aliphatic carbocycles. The summed E-state index contributed by atoms with van der Waals surface area (Å²) in [4.78, 5) is 0. The van der Waals surface area contributed by atoms with Crippen molar-refractivity contribution in [1.29, 1.82) is 0 Å². The predicted octanol–water partition coefficient (Wildman–Crippen LogP) is 4.10. The Morgan fingerprint density at radius 1 is 0.963 bits per heavy atom. The molecule has 2 aromatic carbocycles. The van der Waals surface area contributed by atoms with Gasteiger partial charge in [-0.05, 0) is 61.6 Å². The van der Waals surface area contributed by atoms with Gasteiger partial charge < -0.3 is 19.5 Å². The molecule has 0 bridgehead atoms. The molecule has 3 rings (SSSR count). The molecule has 146 valence electrons. The Balaban J connectivity index is 1.51. The van der Waals surface area contributed by atoms with Crippen LogP contribution in [0.3, 0.4) is 0 Å². The van der Waals surface area contributed by atoms with Crippen molar-refractivity contribution >= 4 is 0 Å². The van der Waals surface area contributed by atoms with Gasteiger partial charge in [0, 0.05) is 12.0 Å². The molecule has 0 saturated carbocycles. The zero-order chi connectivity index (χ0) is 19.2. The normalized spacial score (nSPS) is 14.0. The fourth-order valence-corrected chi connectivity index (χ4v) is 3.58. The van der Waals surface area contributed by atoms with Crippen LogP contribution in [0.2, 0.25) is 0 Å². The molecular weight excluding hydrogens is 338 g/mol. The van der Waals surface area contributed by atoms with Crippen LogP contribution in [0.4, 0.5) is 0 Å². The molecule has 27 heavy (non-hydrogen) atoms. The second-order valence-electron chi connectivity index (χ2n) is 7.84. The Kier molecular flexibility index (Phi) is 6.62. The van der Waals surface area contributed by atoms with Crippen molar-refractivity contribution in [2.45, 2.75) is 52.7 Å². The lowest BCUT2D eigenvalue weighted by Gasteiger charge is -2.21. The first-order valence-corrected chi connectivity index (χ1v) is 9.99. The third-order valence-electron chi connectivity index (χ3n) is 4.98. The fraction of sp³-hybridized carbons (Fsp3) is 0.478. The molecule has 4 heteroatoms. The predicted molar refractivity (Wildman–Crippen MR) is 107 cm³/mol. The summed E-state index contributed by atoms with van der Waals surface area (Å²) >= 11 is 0. The van der Waals surface area contributed by atoms with Crippen LogP contribution in [0.5, 0.6) is 17.2 Å². The van der Waals surface area contributed by atoms with Crippen LogP contribution in [0.1, 0.15) is 51.2 Å². The number of ether oxygens (including phenoxy) is 3. The Labute approximate surface area is 162 Å². The number of fused-ring (bicyclic) bond motifs is 1. The summed E-state index contributed by atoms with van der Waals surface area (Å²) in [7, 11) is 0. The topological polar surface area (TPSA) is 44.3 Å². The third kappa shape index (κ3) is 5.39. The summed E-state index contributed by atoms with van der Waals surface area (Å²) in [5, 5.41) is 2.38. The van der Waals surface area contributed by atoms with Gasteiger partial charge in [0.1, 0.15) is 12.3 Å². The van der Waals surface area contributed by atoms with E-state index < -0.39 is 0 Å². The maximum absolute atomic E-state index is 5.76. The number of quaternary nitrogens is 1. The molecule has 0 unspecified atom stereocenters. The van der Waals surface area contributed by atoms with Gasteiger partial charge in [0.05, 0.1) is 12.6 Å². The number of nitrogens with two attached hydrogens (primary N) is 1. The van der Waals surface area contributed by atoms with Crippen molar-refractivity contribution in [1.82, 2.24) is 0 Å². The first-order valence-electron chi connectivity index (χ1n) is 9.99. The van der Waals surface area contributed by atoms with E-state index in [0.29, 0.717) is 18.6 Å². The van der Waals surface area contributed by atoms with Crippen LogP contribution in [0.25, 0.3) is 0 Å². The molecule has 2 aromatic rings. The van der Waals surface area contributed by atoms with Crippen LogP contribution >= 0.6 is 0 Å². The van der Waals surface area contributed by atoms with Gasteiger partial charge in [-0.3, -0.25) is 0 Å². The zero-order valence-corrected chi connectivity index (χ0v) is 16.9. The smallest absolute Gasteiger partial charge is 0.231 e. The van der Waals surface area contributed by atoms with E-state index in [2.05, 4.69) is 69.4 Å². The highest BCUT2D eigenvalue weighted by atomic mass is 16.7. The summed E-state index contributed by atoms with van der Waals surface area (Å²) in [6, 6.07) is 14.9. The van der Waals surface area contributed by atoms with Gasteiger partial charge in [-0.2, -0.15) is 0 Å². The van der Waals surface area contributed by atoms with E-state index in [1.807, 2.05) is 6.07 Å². The molecule has 1 heterocycles.